The van der Waals surface area contributed by atoms with Gasteiger partial charge in [0.15, 0.2) is 0 Å². The second-order valence-electron chi connectivity index (χ2n) is 2.59. The molecule has 0 aliphatic carbocycles. The number of primary amides is 1. The molecule has 1 amide bonds. The quantitative estimate of drug-likeness (QED) is 0.400. The number of carbonyl (C=O) groups excluding carboxylic acids is 2. The summed E-state index contributed by atoms with van der Waals surface area (Å²) in [4.78, 5) is 21.6. The van der Waals surface area contributed by atoms with Gasteiger partial charge in [-0.15, -0.1) is 0 Å². The van der Waals surface area contributed by atoms with Crippen LogP contribution in [-0.4, -0.2) is 17.8 Å². The fourth-order valence-electron chi connectivity index (χ4n) is 0.817. The van der Waals surface area contributed by atoms with Gasteiger partial charge in [0.1, 0.15) is 5.82 Å². The van der Waals surface area contributed by atoms with Crippen LogP contribution in [-0.2, 0) is 9.53 Å². The lowest BCUT2D eigenvalue weighted by molar-refractivity contribution is -0.113. The van der Waals surface area contributed by atoms with Crippen molar-refractivity contribution in [3.05, 3.63) is 35.6 Å². The van der Waals surface area contributed by atoms with Crippen molar-refractivity contribution in [2.75, 3.05) is 0 Å². The highest BCUT2D eigenvalue weighted by Crippen LogP contribution is 2.05. The number of nitrogens with one attached hydrogen (secondary N) is 1. The maximum Gasteiger partial charge on any atom is 0.345 e. The van der Waals surface area contributed by atoms with Crippen LogP contribution in [0.15, 0.2) is 24.3 Å². The van der Waals surface area contributed by atoms with Crippen LogP contribution < -0.4 is 5.73 Å². The molecule has 0 fully saturated rings. The van der Waals surface area contributed by atoms with Crippen molar-refractivity contribution in [1.29, 1.82) is 5.41 Å². The Hall–Kier alpha value is -2.24. The molecule has 1 aromatic rings. The Bertz CT molecular complexity index is 431. The van der Waals surface area contributed by atoms with E-state index in [2.05, 4.69) is 10.5 Å². The molecule has 0 aliphatic rings. The maximum absolute atomic E-state index is 12.7. The molecule has 1 rings (SSSR count). The molecule has 0 radical (unpaired) electrons. The van der Waals surface area contributed by atoms with Crippen molar-refractivity contribution in [2.45, 2.75) is 0 Å². The SMILES string of the molecule is N=C(OC(=O)c1cccc(F)c1)C(N)=O. The highest BCUT2D eigenvalue weighted by molar-refractivity contribution is 6.35. The largest absolute Gasteiger partial charge is 0.399 e. The van der Waals surface area contributed by atoms with E-state index in [4.69, 9.17) is 5.41 Å². The molecular formula is C9H7FN2O3. The van der Waals surface area contributed by atoms with Crippen LogP contribution in [0.4, 0.5) is 4.39 Å². The summed E-state index contributed by atoms with van der Waals surface area (Å²) in [5, 5.41) is 6.87. The molecule has 0 bridgehead atoms. The van der Waals surface area contributed by atoms with E-state index < -0.39 is 23.6 Å². The molecule has 0 spiro atoms. The van der Waals surface area contributed by atoms with Crippen LogP contribution in [0, 0.1) is 11.2 Å². The van der Waals surface area contributed by atoms with Gasteiger partial charge >= 0.3 is 11.9 Å². The van der Waals surface area contributed by atoms with Crippen molar-refractivity contribution >= 4 is 17.8 Å². The lowest BCUT2D eigenvalue weighted by Crippen LogP contribution is -2.27. The van der Waals surface area contributed by atoms with Crippen LogP contribution >= 0.6 is 0 Å². The summed E-state index contributed by atoms with van der Waals surface area (Å²) in [6, 6.07) is 4.67. The molecule has 0 atom stereocenters. The molecule has 0 aliphatic heterocycles. The lowest BCUT2D eigenvalue weighted by Gasteiger charge is -2.01. The number of halogens is 1. The monoisotopic (exact) mass is 210 g/mol. The van der Waals surface area contributed by atoms with Gasteiger partial charge in [-0.2, -0.15) is 0 Å². The third-order valence-corrected chi connectivity index (χ3v) is 1.48. The van der Waals surface area contributed by atoms with Crippen LogP contribution in [0.25, 0.3) is 0 Å². The number of amides is 1. The molecule has 78 valence electrons. The first kappa shape index (κ1) is 10.8. The third kappa shape index (κ3) is 2.87. The van der Waals surface area contributed by atoms with Gasteiger partial charge in [0.2, 0.25) is 0 Å². The predicted molar refractivity (Wildman–Crippen MR) is 48.7 cm³/mol. The van der Waals surface area contributed by atoms with Gasteiger partial charge in [-0.1, -0.05) is 6.07 Å². The van der Waals surface area contributed by atoms with E-state index >= 15 is 0 Å². The predicted octanol–water partition coefficient (Wildman–Crippen LogP) is 0.445. The number of carbonyl (C=O) groups is 2. The van der Waals surface area contributed by atoms with Crippen molar-refractivity contribution in [1.82, 2.24) is 0 Å². The van der Waals surface area contributed by atoms with E-state index in [0.29, 0.717) is 0 Å². The Kier molecular flexibility index (Phi) is 3.12. The Morgan fingerprint density at radius 1 is 1.40 bits per heavy atom. The van der Waals surface area contributed by atoms with E-state index in [1.54, 1.807) is 0 Å². The summed E-state index contributed by atoms with van der Waals surface area (Å²) >= 11 is 0. The van der Waals surface area contributed by atoms with Crippen molar-refractivity contribution in [3.63, 3.8) is 0 Å². The molecule has 3 N–H and O–H groups in total. The van der Waals surface area contributed by atoms with Crippen molar-refractivity contribution < 1.29 is 18.7 Å². The average molecular weight is 210 g/mol. The van der Waals surface area contributed by atoms with Gasteiger partial charge in [-0.3, -0.25) is 10.2 Å². The van der Waals surface area contributed by atoms with Gasteiger partial charge < -0.3 is 10.5 Å². The van der Waals surface area contributed by atoms with Crippen LogP contribution in [0.2, 0.25) is 0 Å². The zero-order valence-electron chi connectivity index (χ0n) is 7.49. The molecule has 0 aromatic heterocycles. The third-order valence-electron chi connectivity index (χ3n) is 1.48. The van der Waals surface area contributed by atoms with Gasteiger partial charge in [0.05, 0.1) is 5.56 Å². The second-order valence-corrected chi connectivity index (χ2v) is 2.59. The van der Waals surface area contributed by atoms with E-state index in [1.807, 2.05) is 0 Å². The smallest absolute Gasteiger partial charge is 0.345 e. The summed E-state index contributed by atoms with van der Waals surface area (Å²) in [5.41, 5.74) is 4.58. The minimum atomic E-state index is -1.17. The Labute approximate surface area is 84.2 Å². The fraction of sp³-hybridized carbons (Fsp3) is 0. The Morgan fingerprint density at radius 2 is 2.07 bits per heavy atom. The van der Waals surface area contributed by atoms with Crippen LogP contribution in [0.1, 0.15) is 10.4 Å². The lowest BCUT2D eigenvalue weighted by atomic mass is 10.2. The molecule has 0 saturated carbocycles. The molecule has 5 nitrogen and oxygen atoms in total. The summed E-state index contributed by atoms with van der Waals surface area (Å²) in [7, 11) is 0. The minimum Gasteiger partial charge on any atom is -0.399 e. The standard InChI is InChI=1S/C9H7FN2O3/c10-6-3-1-2-5(4-6)9(14)15-8(12)7(11)13/h1-4,12H,(H2,11,13). The Balaban J connectivity index is 2.78. The normalized spacial score (nSPS) is 9.40. The van der Waals surface area contributed by atoms with Crippen LogP contribution in [0.3, 0.4) is 0 Å². The number of nitrogens with two attached hydrogens (primary N) is 1. The van der Waals surface area contributed by atoms with Gasteiger partial charge in [0.25, 0.3) is 5.90 Å². The first-order valence-electron chi connectivity index (χ1n) is 3.87. The number of esters is 1. The summed E-state index contributed by atoms with van der Waals surface area (Å²) < 4.78 is 16.9. The molecular weight excluding hydrogens is 203 g/mol. The molecule has 6 heteroatoms. The number of rotatable bonds is 1. The van der Waals surface area contributed by atoms with Crippen LogP contribution in [0.5, 0.6) is 0 Å². The zero-order chi connectivity index (χ0) is 11.4. The summed E-state index contributed by atoms with van der Waals surface area (Å²) in [6.07, 6.45) is 0. The van der Waals surface area contributed by atoms with Gasteiger partial charge in [0, 0.05) is 0 Å². The first-order chi connectivity index (χ1) is 7.00. The van der Waals surface area contributed by atoms with Gasteiger partial charge in [-0.25, -0.2) is 9.18 Å². The number of benzene rings is 1. The highest BCUT2D eigenvalue weighted by atomic mass is 19.1. The fourth-order valence-corrected chi connectivity index (χ4v) is 0.817. The number of ether oxygens (including phenoxy) is 1. The van der Waals surface area contributed by atoms with Gasteiger partial charge in [-0.05, 0) is 18.2 Å². The van der Waals surface area contributed by atoms with E-state index in [0.717, 1.165) is 12.1 Å². The topological polar surface area (TPSA) is 93.2 Å². The molecule has 0 unspecified atom stereocenters. The van der Waals surface area contributed by atoms with Crippen molar-refractivity contribution in [3.8, 4) is 0 Å². The van der Waals surface area contributed by atoms with Crippen molar-refractivity contribution in [2.24, 2.45) is 5.73 Å². The zero-order valence-corrected chi connectivity index (χ0v) is 7.49. The minimum absolute atomic E-state index is 0.0963. The first-order valence-corrected chi connectivity index (χ1v) is 3.87. The van der Waals surface area contributed by atoms with E-state index in [1.165, 1.54) is 12.1 Å². The number of hydrogen-bond donors (Lipinski definition) is 2. The molecule has 15 heavy (non-hydrogen) atoms. The van der Waals surface area contributed by atoms with E-state index in [9.17, 15) is 14.0 Å². The molecule has 0 heterocycles. The Morgan fingerprint density at radius 3 is 2.60 bits per heavy atom. The maximum atomic E-state index is 12.7. The molecule has 1 aromatic carbocycles. The summed E-state index contributed by atoms with van der Waals surface area (Å²) in [5.74, 6) is -3.77. The van der Waals surface area contributed by atoms with E-state index in [-0.39, 0.29) is 5.56 Å². The second kappa shape index (κ2) is 4.32. The average Bonchev–Trinajstić information content (AvgIpc) is 2.17. The molecule has 0 saturated heterocycles. The number of hydrogen-bond acceptors (Lipinski definition) is 4. The summed E-state index contributed by atoms with van der Waals surface area (Å²) in [6.45, 7) is 0. The highest BCUT2D eigenvalue weighted by Gasteiger charge is 2.14.